The first-order valence-corrected chi connectivity index (χ1v) is 7.80. The van der Waals surface area contributed by atoms with Gasteiger partial charge in [-0.15, -0.1) is 5.75 Å². The van der Waals surface area contributed by atoms with Crippen molar-refractivity contribution >= 4 is 17.6 Å². The molecule has 0 spiro atoms. The fraction of sp³-hybridized carbons (Fsp3) is 0. The normalized spacial score (nSPS) is 9.24. The minimum Gasteiger partial charge on any atom is -0.872 e. The maximum Gasteiger partial charge on any atom is 0.335 e. The number of hydrogen-bond donors (Lipinski definition) is 6. The molecule has 0 saturated heterocycles. The molecule has 0 aliphatic carbocycles. The summed E-state index contributed by atoms with van der Waals surface area (Å²) >= 11 is 0. The molecule has 3 aromatic rings. The van der Waals surface area contributed by atoms with Gasteiger partial charge in [-0.1, -0.05) is 6.07 Å². The fourth-order valence-electron chi connectivity index (χ4n) is 1.83. The number of nitrogens with one attached hydrogen (secondary N) is 1. The number of aromatic hydroxyl groups is 3. The van der Waals surface area contributed by atoms with Crippen LogP contribution in [0.3, 0.4) is 0 Å². The van der Waals surface area contributed by atoms with E-state index in [1.807, 2.05) is 18.3 Å². The lowest BCUT2D eigenvalue weighted by atomic mass is 10.2. The van der Waals surface area contributed by atoms with Crippen LogP contribution in [-0.2, 0) is 0 Å². The molecule has 0 amide bonds. The number of carbonyl (C=O) groups is 2. The van der Waals surface area contributed by atoms with E-state index in [2.05, 4.69) is 4.98 Å². The Morgan fingerprint density at radius 1 is 0.828 bits per heavy atom. The lowest BCUT2D eigenvalue weighted by Gasteiger charge is -2.05. The van der Waals surface area contributed by atoms with Gasteiger partial charge in [-0.3, -0.25) is 0 Å². The van der Waals surface area contributed by atoms with Gasteiger partial charge in [0.15, 0.2) is 12.4 Å². The molecule has 10 heteroatoms. The van der Waals surface area contributed by atoms with Gasteiger partial charge in [0, 0.05) is 12.1 Å². The van der Waals surface area contributed by atoms with Crippen molar-refractivity contribution in [3.63, 3.8) is 0 Å². The van der Waals surface area contributed by atoms with Crippen molar-refractivity contribution in [3.05, 3.63) is 72.1 Å². The molecule has 152 valence electrons. The topological polar surface area (TPSA) is 199 Å². The van der Waals surface area contributed by atoms with Gasteiger partial charge in [-0.05, 0) is 30.3 Å². The van der Waals surface area contributed by atoms with Crippen LogP contribution in [0.1, 0.15) is 20.7 Å². The third kappa shape index (κ3) is 8.64. The molecule has 1 aromatic heterocycles. The standard InChI is InChI=1S/2C7H6O4.C5H6N2/c2*8-5-1-4(7(10)11)2-6(9)3-5;6-5-2-1-3-7-4-5/h2*1-3,8-9H,(H,10,11);1-4H,6H2. The van der Waals surface area contributed by atoms with Crippen LogP contribution in [0, 0.1) is 0 Å². The number of aromatic nitrogens is 1. The molecule has 3 rings (SSSR count). The first-order chi connectivity index (χ1) is 13.6. The van der Waals surface area contributed by atoms with Crippen LogP contribution in [0.2, 0.25) is 0 Å². The van der Waals surface area contributed by atoms with Crippen LogP contribution < -0.4 is 15.8 Å². The summed E-state index contributed by atoms with van der Waals surface area (Å²) in [4.78, 5) is 23.4. The number of anilines is 1. The Kier molecular flexibility index (Phi) is 8.27. The Labute approximate surface area is 164 Å². The van der Waals surface area contributed by atoms with Gasteiger partial charge in [0.2, 0.25) is 0 Å². The largest absolute Gasteiger partial charge is 0.872 e. The Bertz CT molecular complexity index is 875. The molecule has 29 heavy (non-hydrogen) atoms. The molecular formula is C19H18N2O8. The number of aromatic carboxylic acids is 2. The number of nitrogen functional groups attached to an aromatic ring is 1. The van der Waals surface area contributed by atoms with Crippen LogP contribution >= 0.6 is 0 Å². The fourth-order valence-corrected chi connectivity index (χ4v) is 1.83. The molecule has 0 unspecified atom stereocenters. The molecule has 0 radical (unpaired) electrons. The third-order valence-electron chi connectivity index (χ3n) is 3.02. The van der Waals surface area contributed by atoms with E-state index < -0.39 is 17.7 Å². The number of carboxylic acid groups (broad SMARTS) is 2. The van der Waals surface area contributed by atoms with Gasteiger partial charge in [0.25, 0.3) is 0 Å². The maximum atomic E-state index is 10.6. The van der Waals surface area contributed by atoms with Crippen molar-refractivity contribution < 1.29 is 45.2 Å². The number of hydrogen-bond acceptors (Lipinski definition) is 7. The Hall–Kier alpha value is -4.47. The van der Waals surface area contributed by atoms with Gasteiger partial charge >= 0.3 is 11.9 Å². The second kappa shape index (κ2) is 10.6. The van der Waals surface area contributed by atoms with Crippen molar-refractivity contribution in [1.29, 1.82) is 0 Å². The van der Waals surface area contributed by atoms with Crippen LogP contribution in [0.25, 0.3) is 0 Å². The summed E-state index contributed by atoms with van der Waals surface area (Å²) in [5.41, 5.74) is 5.76. The lowest BCUT2D eigenvalue weighted by Crippen LogP contribution is -1.99. The average Bonchev–Trinajstić information content (AvgIpc) is 2.62. The van der Waals surface area contributed by atoms with Gasteiger partial charge in [0.1, 0.15) is 17.2 Å². The van der Waals surface area contributed by atoms with Crippen molar-refractivity contribution in [2.75, 3.05) is 5.73 Å². The quantitative estimate of drug-likeness (QED) is 0.362. The van der Waals surface area contributed by atoms with E-state index in [4.69, 9.17) is 31.3 Å². The number of phenolic OH excluding ortho intramolecular Hbond substituents is 3. The highest BCUT2D eigenvalue weighted by atomic mass is 16.4. The monoisotopic (exact) mass is 402 g/mol. The van der Waals surface area contributed by atoms with Crippen LogP contribution in [-0.4, -0.2) is 37.5 Å². The van der Waals surface area contributed by atoms with Crippen molar-refractivity contribution in [1.82, 2.24) is 0 Å². The minimum absolute atomic E-state index is 0.137. The van der Waals surface area contributed by atoms with Crippen molar-refractivity contribution in [2.45, 2.75) is 0 Å². The summed E-state index contributed by atoms with van der Waals surface area (Å²) in [6, 6.07) is 9.78. The molecular weight excluding hydrogens is 384 g/mol. The highest BCUT2D eigenvalue weighted by molar-refractivity contribution is 5.89. The molecule has 1 heterocycles. The number of rotatable bonds is 2. The van der Waals surface area contributed by atoms with Gasteiger partial charge in [-0.25, -0.2) is 14.6 Å². The Balaban J connectivity index is 0.000000223. The summed E-state index contributed by atoms with van der Waals surface area (Å²) in [5, 5.41) is 53.8. The molecule has 0 saturated carbocycles. The summed E-state index contributed by atoms with van der Waals surface area (Å²) in [7, 11) is 0. The van der Waals surface area contributed by atoms with E-state index in [1.165, 1.54) is 0 Å². The molecule has 0 atom stereocenters. The first kappa shape index (κ1) is 22.6. The van der Waals surface area contributed by atoms with E-state index >= 15 is 0 Å². The smallest absolute Gasteiger partial charge is 0.335 e. The molecule has 2 aromatic carbocycles. The zero-order valence-electron chi connectivity index (χ0n) is 14.8. The highest BCUT2D eigenvalue weighted by Gasteiger charge is 2.05. The number of H-pyrrole nitrogens is 1. The van der Waals surface area contributed by atoms with E-state index in [-0.39, 0.29) is 28.4 Å². The predicted octanol–water partition coefficient (Wildman–Crippen LogP) is 1.04. The van der Waals surface area contributed by atoms with Gasteiger partial charge in [0.05, 0.1) is 16.8 Å². The van der Waals surface area contributed by atoms with E-state index in [9.17, 15) is 14.7 Å². The zero-order chi connectivity index (χ0) is 22.0. The van der Waals surface area contributed by atoms with Crippen molar-refractivity contribution in [3.8, 4) is 23.0 Å². The predicted molar refractivity (Wildman–Crippen MR) is 98.7 cm³/mol. The SMILES string of the molecule is Nc1ccc[nH+]c1.O=C(O)c1cc(O)cc(O)c1.O=C(O)c1cc([O-])cc(O)c1. The third-order valence-corrected chi connectivity index (χ3v) is 3.02. The van der Waals surface area contributed by atoms with Crippen LogP contribution in [0.5, 0.6) is 23.0 Å². The Morgan fingerprint density at radius 3 is 1.66 bits per heavy atom. The van der Waals surface area contributed by atoms with Gasteiger partial charge in [-0.2, -0.15) is 0 Å². The summed E-state index contributed by atoms with van der Waals surface area (Å²) in [6.07, 6.45) is 3.55. The number of phenols is 3. The number of aromatic amines is 1. The van der Waals surface area contributed by atoms with E-state index in [0.717, 1.165) is 42.1 Å². The highest BCUT2D eigenvalue weighted by Crippen LogP contribution is 2.20. The Morgan fingerprint density at radius 2 is 1.31 bits per heavy atom. The average molecular weight is 402 g/mol. The second-order valence-corrected chi connectivity index (χ2v) is 5.40. The number of nitrogens with two attached hydrogens (primary N) is 1. The zero-order valence-corrected chi connectivity index (χ0v) is 14.8. The first-order valence-electron chi connectivity index (χ1n) is 7.80. The van der Waals surface area contributed by atoms with E-state index in [0.29, 0.717) is 0 Å². The molecule has 0 aliphatic rings. The number of carboxylic acids is 2. The van der Waals surface area contributed by atoms with Crippen LogP contribution in [0.15, 0.2) is 60.9 Å². The molecule has 10 nitrogen and oxygen atoms in total. The van der Waals surface area contributed by atoms with Crippen LogP contribution in [0.4, 0.5) is 5.69 Å². The van der Waals surface area contributed by atoms with Crippen molar-refractivity contribution in [2.24, 2.45) is 0 Å². The summed E-state index contributed by atoms with van der Waals surface area (Å²) in [6.45, 7) is 0. The molecule has 0 bridgehead atoms. The maximum absolute atomic E-state index is 10.6. The van der Waals surface area contributed by atoms with E-state index in [1.54, 1.807) is 6.20 Å². The van der Waals surface area contributed by atoms with Gasteiger partial charge < -0.3 is 36.4 Å². The lowest BCUT2D eigenvalue weighted by molar-refractivity contribution is -0.377. The minimum atomic E-state index is -1.22. The molecule has 0 fully saturated rings. The summed E-state index contributed by atoms with van der Waals surface area (Å²) in [5.74, 6) is -3.77. The summed E-state index contributed by atoms with van der Waals surface area (Å²) < 4.78 is 0. The second-order valence-electron chi connectivity index (χ2n) is 5.40. The molecule has 0 aliphatic heterocycles. The number of pyridine rings is 1. The molecule has 8 N–H and O–H groups in total. The number of benzene rings is 2.